The number of aromatic nitrogens is 3. The van der Waals surface area contributed by atoms with Crippen LogP contribution in [-0.4, -0.2) is 20.7 Å². The molecule has 4 aromatic carbocycles. The molecule has 5 nitrogen and oxygen atoms in total. The molecule has 1 heterocycles. The van der Waals surface area contributed by atoms with Crippen LogP contribution in [0.2, 0.25) is 0 Å². The number of carbonyl (C=O) groups is 1. The molecule has 37 heavy (non-hydrogen) atoms. The number of benzene rings is 4. The van der Waals surface area contributed by atoms with Crippen molar-refractivity contribution in [3.05, 3.63) is 143 Å². The van der Waals surface area contributed by atoms with E-state index in [4.69, 9.17) is 0 Å². The van der Waals surface area contributed by atoms with Gasteiger partial charge in [0.15, 0.2) is 11.0 Å². The highest BCUT2D eigenvalue weighted by molar-refractivity contribution is 7.98. The second-order valence-electron chi connectivity index (χ2n) is 8.82. The molecule has 6 heteroatoms. The van der Waals surface area contributed by atoms with Gasteiger partial charge < -0.3 is 5.32 Å². The number of carbonyl (C=O) groups excluding carboxylic acids is 1. The van der Waals surface area contributed by atoms with Crippen LogP contribution in [0.25, 0.3) is 5.69 Å². The summed E-state index contributed by atoms with van der Waals surface area (Å²) in [6.45, 7) is 2.33. The van der Waals surface area contributed by atoms with Crippen molar-refractivity contribution in [3.8, 4) is 5.69 Å². The summed E-state index contributed by atoms with van der Waals surface area (Å²) in [4.78, 5) is 13.6. The van der Waals surface area contributed by atoms with Crippen molar-refractivity contribution in [2.75, 3.05) is 0 Å². The van der Waals surface area contributed by atoms with Gasteiger partial charge in [-0.2, -0.15) is 0 Å². The molecule has 0 spiro atoms. The standard InChI is InChI=1S/C31H28N4OS/c1-23-17-19-27(20-18-23)35-28(33-34-31(35)37-22-24-11-5-2-6-12-24)21-32-30(36)29(25-13-7-3-8-14-25)26-15-9-4-10-16-26/h2-20,29H,21-22H2,1H3,(H,32,36). The van der Waals surface area contributed by atoms with Crippen LogP contribution in [0.15, 0.2) is 120 Å². The number of hydrogen-bond acceptors (Lipinski definition) is 4. The molecule has 0 atom stereocenters. The van der Waals surface area contributed by atoms with Crippen molar-refractivity contribution < 1.29 is 4.79 Å². The normalized spacial score (nSPS) is 11.0. The third-order valence-corrected chi connectivity index (χ3v) is 7.15. The van der Waals surface area contributed by atoms with Gasteiger partial charge in [-0.25, -0.2) is 0 Å². The lowest BCUT2D eigenvalue weighted by Gasteiger charge is -2.18. The fourth-order valence-corrected chi connectivity index (χ4v) is 5.16. The number of thioether (sulfide) groups is 1. The van der Waals surface area contributed by atoms with Crippen molar-refractivity contribution in [2.24, 2.45) is 0 Å². The first-order valence-electron chi connectivity index (χ1n) is 12.2. The van der Waals surface area contributed by atoms with Crippen LogP contribution in [0.1, 0.15) is 34.0 Å². The van der Waals surface area contributed by atoms with E-state index in [-0.39, 0.29) is 12.5 Å². The van der Waals surface area contributed by atoms with E-state index in [0.29, 0.717) is 5.82 Å². The van der Waals surface area contributed by atoms with E-state index in [9.17, 15) is 4.79 Å². The fourth-order valence-electron chi connectivity index (χ4n) is 4.24. The van der Waals surface area contributed by atoms with Crippen LogP contribution >= 0.6 is 11.8 Å². The van der Waals surface area contributed by atoms with Crippen molar-refractivity contribution in [1.29, 1.82) is 0 Å². The minimum Gasteiger partial charge on any atom is -0.348 e. The Morgan fingerprint density at radius 3 is 1.95 bits per heavy atom. The van der Waals surface area contributed by atoms with Gasteiger partial charge in [0.05, 0.1) is 12.5 Å². The summed E-state index contributed by atoms with van der Waals surface area (Å²) in [6, 6.07) is 38.3. The van der Waals surface area contributed by atoms with Crippen molar-refractivity contribution in [3.63, 3.8) is 0 Å². The number of amides is 1. The molecule has 1 aromatic heterocycles. The Morgan fingerprint density at radius 1 is 0.784 bits per heavy atom. The number of nitrogens with zero attached hydrogens (tertiary/aromatic N) is 3. The molecule has 5 rings (SSSR count). The molecule has 0 aliphatic rings. The second-order valence-corrected chi connectivity index (χ2v) is 9.76. The number of aryl methyl sites for hydroxylation is 1. The van der Waals surface area contributed by atoms with Gasteiger partial charge in [-0.05, 0) is 35.7 Å². The topological polar surface area (TPSA) is 59.8 Å². The molecular formula is C31H28N4OS. The summed E-state index contributed by atoms with van der Waals surface area (Å²) in [5, 5.41) is 12.9. The van der Waals surface area contributed by atoms with E-state index in [1.54, 1.807) is 11.8 Å². The maximum Gasteiger partial charge on any atom is 0.232 e. The zero-order valence-corrected chi connectivity index (χ0v) is 21.4. The summed E-state index contributed by atoms with van der Waals surface area (Å²) in [6.07, 6.45) is 0. The Labute approximate surface area is 221 Å². The Hall–Kier alpha value is -4.16. The average molecular weight is 505 g/mol. The summed E-state index contributed by atoms with van der Waals surface area (Å²) >= 11 is 1.63. The molecular weight excluding hydrogens is 476 g/mol. The van der Waals surface area contributed by atoms with Gasteiger partial charge in [0.2, 0.25) is 5.91 Å². The highest BCUT2D eigenvalue weighted by Crippen LogP contribution is 2.27. The number of hydrogen-bond donors (Lipinski definition) is 1. The first kappa shape index (κ1) is 24.5. The zero-order chi connectivity index (χ0) is 25.5. The van der Waals surface area contributed by atoms with Gasteiger partial charge in [-0.1, -0.05) is 120 Å². The highest BCUT2D eigenvalue weighted by Gasteiger charge is 2.23. The smallest absolute Gasteiger partial charge is 0.232 e. The average Bonchev–Trinajstić information content (AvgIpc) is 3.36. The SMILES string of the molecule is Cc1ccc(-n2c(CNC(=O)C(c3ccccc3)c3ccccc3)nnc2SCc2ccccc2)cc1. The van der Waals surface area contributed by atoms with E-state index in [1.165, 1.54) is 11.1 Å². The molecule has 0 aliphatic carbocycles. The van der Waals surface area contributed by atoms with Crippen molar-refractivity contribution in [2.45, 2.75) is 30.3 Å². The van der Waals surface area contributed by atoms with E-state index >= 15 is 0 Å². The van der Waals surface area contributed by atoms with Gasteiger partial charge in [0.25, 0.3) is 0 Å². The minimum absolute atomic E-state index is 0.0747. The highest BCUT2D eigenvalue weighted by atomic mass is 32.2. The maximum absolute atomic E-state index is 13.6. The fraction of sp³-hybridized carbons (Fsp3) is 0.129. The first-order chi connectivity index (χ1) is 18.2. The molecule has 0 saturated carbocycles. The van der Waals surface area contributed by atoms with E-state index < -0.39 is 5.92 Å². The minimum atomic E-state index is -0.412. The van der Waals surface area contributed by atoms with Gasteiger partial charge in [0.1, 0.15) is 0 Å². The van der Waals surface area contributed by atoms with Gasteiger partial charge in [0, 0.05) is 11.4 Å². The second kappa shape index (κ2) is 11.7. The van der Waals surface area contributed by atoms with Crippen LogP contribution < -0.4 is 5.32 Å². The van der Waals surface area contributed by atoms with Crippen LogP contribution in [-0.2, 0) is 17.1 Å². The van der Waals surface area contributed by atoms with Crippen LogP contribution in [0.5, 0.6) is 0 Å². The maximum atomic E-state index is 13.6. The van der Waals surface area contributed by atoms with Crippen LogP contribution in [0, 0.1) is 6.92 Å². The lowest BCUT2D eigenvalue weighted by atomic mass is 9.90. The quantitative estimate of drug-likeness (QED) is 0.239. The van der Waals surface area contributed by atoms with Gasteiger partial charge in [-0.3, -0.25) is 9.36 Å². The predicted octanol–water partition coefficient (Wildman–Crippen LogP) is 6.32. The van der Waals surface area contributed by atoms with E-state index in [0.717, 1.165) is 27.7 Å². The summed E-state index contributed by atoms with van der Waals surface area (Å²) in [5.41, 5.74) is 5.27. The van der Waals surface area contributed by atoms with Crippen LogP contribution in [0.4, 0.5) is 0 Å². The molecule has 0 fully saturated rings. The lowest BCUT2D eigenvalue weighted by molar-refractivity contribution is -0.121. The third-order valence-electron chi connectivity index (χ3n) is 6.15. The molecule has 0 bridgehead atoms. The molecule has 5 aromatic rings. The first-order valence-corrected chi connectivity index (χ1v) is 13.2. The summed E-state index contributed by atoms with van der Waals surface area (Å²) in [5.74, 6) is 0.980. The molecule has 1 N–H and O–H groups in total. The Balaban J connectivity index is 1.40. The van der Waals surface area contributed by atoms with Crippen molar-refractivity contribution >= 4 is 17.7 Å². The lowest BCUT2D eigenvalue weighted by Crippen LogP contribution is -2.30. The number of nitrogens with one attached hydrogen (secondary N) is 1. The van der Waals surface area contributed by atoms with E-state index in [1.807, 2.05) is 83.4 Å². The Morgan fingerprint density at radius 2 is 1.35 bits per heavy atom. The molecule has 0 unspecified atom stereocenters. The van der Waals surface area contributed by atoms with Crippen molar-refractivity contribution in [1.82, 2.24) is 20.1 Å². The monoisotopic (exact) mass is 504 g/mol. The Kier molecular flexibility index (Phi) is 7.77. The third kappa shape index (κ3) is 5.98. The zero-order valence-electron chi connectivity index (χ0n) is 20.6. The molecule has 1 amide bonds. The summed E-state index contributed by atoms with van der Waals surface area (Å²) in [7, 11) is 0. The van der Waals surface area contributed by atoms with Crippen LogP contribution in [0.3, 0.4) is 0 Å². The van der Waals surface area contributed by atoms with Gasteiger partial charge >= 0.3 is 0 Å². The van der Waals surface area contributed by atoms with Gasteiger partial charge in [-0.15, -0.1) is 10.2 Å². The largest absolute Gasteiger partial charge is 0.348 e. The molecule has 184 valence electrons. The molecule has 0 saturated heterocycles. The summed E-state index contributed by atoms with van der Waals surface area (Å²) < 4.78 is 2.04. The Bertz CT molecular complexity index is 1400. The molecule has 0 radical (unpaired) electrons. The molecule has 0 aliphatic heterocycles. The number of rotatable bonds is 9. The predicted molar refractivity (Wildman–Crippen MR) is 149 cm³/mol. The van der Waals surface area contributed by atoms with E-state index in [2.05, 4.69) is 58.8 Å².